The Morgan fingerprint density at radius 3 is 2.82 bits per heavy atom. The highest BCUT2D eigenvalue weighted by Crippen LogP contribution is 2.28. The van der Waals surface area contributed by atoms with Crippen molar-refractivity contribution in [1.82, 2.24) is 5.32 Å². The second-order valence-corrected chi connectivity index (χ2v) is 5.09. The monoisotopic (exact) mass is 320 g/mol. The van der Waals surface area contributed by atoms with E-state index in [0.29, 0.717) is 0 Å². The third kappa shape index (κ3) is 5.18. The Hall–Kier alpha value is -1.83. The van der Waals surface area contributed by atoms with Crippen LogP contribution in [0.25, 0.3) is 0 Å². The Morgan fingerprint density at radius 2 is 2.18 bits per heavy atom. The molecule has 0 bridgehead atoms. The summed E-state index contributed by atoms with van der Waals surface area (Å²) in [6.07, 6.45) is -2.49. The SMILES string of the molecule is O=C(CC1CCCN1)Nc1ccc(F)cc1OCC(F)(F)F. The summed E-state index contributed by atoms with van der Waals surface area (Å²) >= 11 is 0. The van der Waals surface area contributed by atoms with Crippen LogP contribution in [0, 0.1) is 5.82 Å². The van der Waals surface area contributed by atoms with Crippen molar-refractivity contribution in [2.24, 2.45) is 0 Å². The van der Waals surface area contributed by atoms with Crippen LogP contribution < -0.4 is 15.4 Å². The molecule has 0 spiro atoms. The molecule has 1 amide bonds. The van der Waals surface area contributed by atoms with Gasteiger partial charge in [-0.1, -0.05) is 0 Å². The summed E-state index contributed by atoms with van der Waals surface area (Å²) < 4.78 is 54.3. The van der Waals surface area contributed by atoms with Gasteiger partial charge in [0.25, 0.3) is 0 Å². The Morgan fingerprint density at radius 1 is 1.41 bits per heavy atom. The molecular formula is C14H16F4N2O2. The van der Waals surface area contributed by atoms with Gasteiger partial charge in [-0.2, -0.15) is 13.2 Å². The molecule has 22 heavy (non-hydrogen) atoms. The fourth-order valence-corrected chi connectivity index (χ4v) is 2.23. The molecule has 1 saturated heterocycles. The molecule has 0 aromatic heterocycles. The predicted molar refractivity (Wildman–Crippen MR) is 72.2 cm³/mol. The van der Waals surface area contributed by atoms with Gasteiger partial charge in [0, 0.05) is 18.5 Å². The highest BCUT2D eigenvalue weighted by Gasteiger charge is 2.29. The normalized spacial score (nSPS) is 18.3. The second-order valence-electron chi connectivity index (χ2n) is 5.09. The first-order chi connectivity index (χ1) is 10.3. The van der Waals surface area contributed by atoms with Gasteiger partial charge in [0.15, 0.2) is 6.61 Å². The van der Waals surface area contributed by atoms with Crippen molar-refractivity contribution in [3.05, 3.63) is 24.0 Å². The van der Waals surface area contributed by atoms with Crippen LogP contribution in [0.15, 0.2) is 18.2 Å². The number of anilines is 1. The van der Waals surface area contributed by atoms with E-state index >= 15 is 0 Å². The largest absolute Gasteiger partial charge is 0.482 e. The Labute approximate surface area is 124 Å². The van der Waals surface area contributed by atoms with E-state index < -0.39 is 18.6 Å². The first-order valence-electron chi connectivity index (χ1n) is 6.86. The molecule has 1 atom stereocenters. The van der Waals surface area contributed by atoms with E-state index in [1.807, 2.05) is 0 Å². The lowest BCUT2D eigenvalue weighted by Gasteiger charge is -2.15. The van der Waals surface area contributed by atoms with Gasteiger partial charge in [-0.3, -0.25) is 4.79 Å². The molecule has 2 rings (SSSR count). The highest BCUT2D eigenvalue weighted by molar-refractivity contribution is 5.92. The number of rotatable bonds is 5. The molecule has 1 unspecified atom stereocenters. The van der Waals surface area contributed by atoms with Crippen molar-refractivity contribution in [1.29, 1.82) is 0 Å². The van der Waals surface area contributed by atoms with Crippen molar-refractivity contribution >= 4 is 11.6 Å². The minimum Gasteiger partial charge on any atom is -0.482 e. The minimum absolute atomic E-state index is 0.0219. The zero-order valence-corrected chi connectivity index (χ0v) is 11.7. The van der Waals surface area contributed by atoms with Gasteiger partial charge < -0.3 is 15.4 Å². The summed E-state index contributed by atoms with van der Waals surface area (Å²) in [6.45, 7) is -0.710. The zero-order chi connectivity index (χ0) is 16.2. The number of alkyl halides is 3. The van der Waals surface area contributed by atoms with Crippen molar-refractivity contribution in [2.45, 2.75) is 31.5 Å². The third-order valence-corrected chi connectivity index (χ3v) is 3.20. The van der Waals surface area contributed by atoms with E-state index in [2.05, 4.69) is 15.4 Å². The highest BCUT2D eigenvalue weighted by atomic mass is 19.4. The number of nitrogens with one attached hydrogen (secondary N) is 2. The van der Waals surface area contributed by atoms with Gasteiger partial charge in [0.05, 0.1) is 5.69 Å². The van der Waals surface area contributed by atoms with Gasteiger partial charge in [-0.25, -0.2) is 4.39 Å². The van der Waals surface area contributed by atoms with Crippen molar-refractivity contribution in [2.75, 3.05) is 18.5 Å². The van der Waals surface area contributed by atoms with Gasteiger partial charge in [-0.15, -0.1) is 0 Å². The minimum atomic E-state index is -4.54. The van der Waals surface area contributed by atoms with E-state index in [4.69, 9.17) is 0 Å². The maximum Gasteiger partial charge on any atom is 0.422 e. The number of ether oxygens (including phenoxy) is 1. The third-order valence-electron chi connectivity index (χ3n) is 3.20. The Balaban J connectivity index is 2.00. The lowest BCUT2D eigenvalue weighted by molar-refractivity contribution is -0.153. The number of amides is 1. The molecule has 1 fully saturated rings. The van der Waals surface area contributed by atoms with Gasteiger partial charge in [-0.05, 0) is 31.5 Å². The summed E-state index contributed by atoms with van der Waals surface area (Å²) in [7, 11) is 0. The first kappa shape index (κ1) is 16.5. The molecule has 8 heteroatoms. The van der Waals surface area contributed by atoms with E-state index in [9.17, 15) is 22.4 Å². The Bertz CT molecular complexity index is 528. The molecule has 0 saturated carbocycles. The molecule has 122 valence electrons. The molecule has 4 nitrogen and oxygen atoms in total. The quantitative estimate of drug-likeness (QED) is 0.820. The van der Waals surface area contributed by atoms with Gasteiger partial charge in [0.1, 0.15) is 11.6 Å². The van der Waals surface area contributed by atoms with E-state index in [1.165, 1.54) is 6.07 Å². The molecule has 1 aromatic carbocycles. The van der Waals surface area contributed by atoms with Crippen molar-refractivity contribution in [3.63, 3.8) is 0 Å². The van der Waals surface area contributed by atoms with Crippen LogP contribution in [0.5, 0.6) is 5.75 Å². The van der Waals surface area contributed by atoms with Crippen LogP contribution in [0.3, 0.4) is 0 Å². The molecule has 0 aliphatic carbocycles. The van der Waals surface area contributed by atoms with Gasteiger partial charge in [0.2, 0.25) is 5.91 Å². The lowest BCUT2D eigenvalue weighted by Crippen LogP contribution is -2.27. The van der Waals surface area contributed by atoms with Crippen LogP contribution in [-0.2, 0) is 4.79 Å². The molecular weight excluding hydrogens is 304 g/mol. The number of carbonyl (C=O) groups is 1. The first-order valence-corrected chi connectivity index (χ1v) is 6.86. The standard InChI is InChI=1S/C14H16F4N2O2/c15-9-3-4-11(12(6-9)22-8-14(16,17)18)20-13(21)7-10-2-1-5-19-10/h3-4,6,10,19H,1-2,5,7-8H2,(H,20,21). The fourth-order valence-electron chi connectivity index (χ4n) is 2.23. The maximum absolute atomic E-state index is 13.1. The summed E-state index contributed by atoms with van der Waals surface area (Å²) in [6, 6.07) is 3.10. The maximum atomic E-state index is 13.1. The van der Waals surface area contributed by atoms with Crippen LogP contribution in [0.2, 0.25) is 0 Å². The van der Waals surface area contributed by atoms with Crippen LogP contribution in [-0.4, -0.2) is 31.3 Å². The lowest BCUT2D eigenvalue weighted by atomic mass is 10.1. The zero-order valence-electron chi connectivity index (χ0n) is 11.7. The van der Waals surface area contributed by atoms with E-state index in [1.54, 1.807) is 0 Å². The molecule has 2 N–H and O–H groups in total. The number of hydrogen-bond acceptors (Lipinski definition) is 3. The van der Waals surface area contributed by atoms with Crippen molar-refractivity contribution < 1.29 is 27.1 Å². The summed E-state index contributed by atoms with van der Waals surface area (Å²) in [5.41, 5.74) is 0.0219. The smallest absolute Gasteiger partial charge is 0.422 e. The summed E-state index contributed by atoms with van der Waals surface area (Å²) in [4.78, 5) is 11.9. The molecule has 1 aliphatic rings. The number of carbonyl (C=O) groups excluding carboxylic acids is 1. The van der Waals surface area contributed by atoms with Crippen LogP contribution in [0.1, 0.15) is 19.3 Å². The molecule has 1 heterocycles. The number of benzene rings is 1. The predicted octanol–water partition coefficient (Wildman–Crippen LogP) is 2.85. The second kappa shape index (κ2) is 6.95. The van der Waals surface area contributed by atoms with E-state index in [-0.39, 0.29) is 29.8 Å². The van der Waals surface area contributed by atoms with Crippen molar-refractivity contribution in [3.8, 4) is 5.75 Å². The van der Waals surface area contributed by atoms with Crippen LogP contribution in [0.4, 0.5) is 23.2 Å². The van der Waals surface area contributed by atoms with Crippen LogP contribution >= 0.6 is 0 Å². The number of hydrogen-bond donors (Lipinski definition) is 2. The van der Waals surface area contributed by atoms with Gasteiger partial charge >= 0.3 is 6.18 Å². The number of halogens is 4. The summed E-state index contributed by atoms with van der Waals surface area (Å²) in [5, 5.41) is 5.60. The summed E-state index contributed by atoms with van der Waals surface area (Å²) in [5.74, 6) is -1.44. The average molecular weight is 320 g/mol. The topological polar surface area (TPSA) is 50.4 Å². The molecule has 1 aliphatic heterocycles. The van der Waals surface area contributed by atoms with E-state index in [0.717, 1.165) is 31.5 Å². The molecule has 0 radical (unpaired) electrons. The average Bonchev–Trinajstić information content (AvgIpc) is 2.91. The molecule has 1 aromatic rings. The Kier molecular flexibility index (Phi) is 5.23. The fraction of sp³-hybridized carbons (Fsp3) is 0.500.